The molecule has 3 aliphatic rings. The molecule has 5 rings (SSSR count). The summed E-state index contributed by atoms with van der Waals surface area (Å²) in [4.78, 5) is 48.0. The number of methoxy groups -OCH3 is 1. The first-order valence-electron chi connectivity index (χ1n) is 14.8. The first-order valence-corrected chi connectivity index (χ1v) is 15.6. The van der Waals surface area contributed by atoms with Crippen LogP contribution in [-0.4, -0.2) is 72.8 Å². The highest BCUT2D eigenvalue weighted by Gasteiger charge is 2.42. The topological polar surface area (TPSA) is 107 Å². The third-order valence-electron chi connectivity index (χ3n) is 7.62. The molecule has 0 aromatic heterocycles. The van der Waals surface area contributed by atoms with Gasteiger partial charge in [-0.05, 0) is 61.9 Å². The number of allylic oxidation sites excluding steroid dienone is 1. The number of piperidine rings is 1. The van der Waals surface area contributed by atoms with E-state index >= 15 is 0 Å². The molecule has 10 nitrogen and oxygen atoms in total. The molecule has 1 saturated heterocycles. The summed E-state index contributed by atoms with van der Waals surface area (Å²) in [5, 5.41) is 2.58. The maximum Gasteiger partial charge on any atom is 0.338 e. The van der Waals surface area contributed by atoms with Gasteiger partial charge in [-0.2, -0.15) is 0 Å². The summed E-state index contributed by atoms with van der Waals surface area (Å²) in [5.41, 5.74) is 2.42. The number of nitrogens with zero attached hydrogens (tertiary/aromatic N) is 3. The van der Waals surface area contributed by atoms with Gasteiger partial charge in [0.2, 0.25) is 5.91 Å². The van der Waals surface area contributed by atoms with Crippen molar-refractivity contribution in [3.05, 3.63) is 82.5 Å². The molecular formula is C33H37N3O7S. The van der Waals surface area contributed by atoms with Crippen LogP contribution in [0.5, 0.6) is 11.5 Å². The van der Waals surface area contributed by atoms with Gasteiger partial charge in [0.15, 0.2) is 5.17 Å². The van der Waals surface area contributed by atoms with E-state index in [-0.39, 0.29) is 37.4 Å². The van der Waals surface area contributed by atoms with E-state index < -0.39 is 12.0 Å². The van der Waals surface area contributed by atoms with Gasteiger partial charge < -0.3 is 28.7 Å². The highest BCUT2D eigenvalue weighted by atomic mass is 32.2. The largest absolute Gasteiger partial charge is 0.466 e. The molecule has 0 N–H and O–H groups in total. The molecule has 2 aromatic rings. The highest BCUT2D eigenvalue weighted by molar-refractivity contribution is 8.16. The number of benzene rings is 2. The Balaban J connectivity index is 1.43. The molecule has 0 saturated carbocycles. The summed E-state index contributed by atoms with van der Waals surface area (Å²) >= 11 is 1.41. The fourth-order valence-electron chi connectivity index (χ4n) is 5.54. The van der Waals surface area contributed by atoms with Crippen molar-refractivity contribution in [2.45, 2.75) is 39.2 Å². The molecule has 44 heavy (non-hydrogen) atoms. The number of esters is 2. The van der Waals surface area contributed by atoms with Gasteiger partial charge in [0, 0.05) is 25.9 Å². The average molecular weight is 620 g/mol. The molecule has 3 heterocycles. The molecule has 1 amide bonds. The summed E-state index contributed by atoms with van der Waals surface area (Å²) in [7, 11) is 1.55. The maximum absolute atomic E-state index is 13.6. The van der Waals surface area contributed by atoms with E-state index in [1.165, 1.54) is 11.8 Å². The number of rotatable bonds is 11. The quantitative estimate of drug-likeness (QED) is 0.240. The van der Waals surface area contributed by atoms with Crippen LogP contribution in [0.4, 0.5) is 0 Å². The molecule has 0 bridgehead atoms. The van der Waals surface area contributed by atoms with Crippen molar-refractivity contribution in [3.8, 4) is 11.5 Å². The third-order valence-corrected chi connectivity index (χ3v) is 8.51. The van der Waals surface area contributed by atoms with Gasteiger partial charge in [0.1, 0.15) is 18.1 Å². The standard InChI is InChI=1S/C33H37N3O7S/c1-4-41-31(38)24-11-9-15-35(20-24)28(37)19-25-21-44-33-34-22(2)29(32(39)42-17-16-40-3)30(36(25)33)23-10-8-14-27(18-23)43-26-12-6-5-7-13-26/h5-8,10,12-14,18,21,24,30H,4,9,11,15-17,19-20H2,1-3H3/t24-,30+/m1/s1. The lowest BCUT2D eigenvalue weighted by Gasteiger charge is -2.37. The van der Waals surface area contributed by atoms with Crippen molar-refractivity contribution in [1.82, 2.24) is 9.80 Å². The van der Waals surface area contributed by atoms with E-state index in [2.05, 4.69) is 0 Å². The Morgan fingerprint density at radius 2 is 1.82 bits per heavy atom. The van der Waals surface area contributed by atoms with Crippen molar-refractivity contribution in [3.63, 3.8) is 0 Å². The fraction of sp³-hybridized carbons (Fsp3) is 0.394. The molecule has 0 aliphatic carbocycles. The average Bonchev–Trinajstić information content (AvgIpc) is 3.42. The Morgan fingerprint density at radius 3 is 2.59 bits per heavy atom. The number of likely N-dealkylation sites (tertiary alicyclic amines) is 1. The number of para-hydroxylation sites is 1. The lowest BCUT2D eigenvalue weighted by molar-refractivity contribution is -0.151. The lowest BCUT2D eigenvalue weighted by atomic mass is 9.93. The molecule has 3 aliphatic heterocycles. The van der Waals surface area contributed by atoms with Crippen LogP contribution < -0.4 is 4.74 Å². The predicted molar refractivity (Wildman–Crippen MR) is 167 cm³/mol. The Kier molecular flexibility index (Phi) is 10.4. The maximum atomic E-state index is 13.6. The van der Waals surface area contributed by atoms with Gasteiger partial charge in [-0.15, -0.1) is 0 Å². The molecule has 2 atom stereocenters. The van der Waals surface area contributed by atoms with Gasteiger partial charge in [-0.25, -0.2) is 9.79 Å². The van der Waals surface area contributed by atoms with Crippen molar-refractivity contribution in [1.29, 1.82) is 0 Å². The van der Waals surface area contributed by atoms with E-state index in [0.29, 0.717) is 59.8 Å². The zero-order valence-electron chi connectivity index (χ0n) is 25.2. The molecule has 2 aromatic carbocycles. The number of carbonyl (C=O) groups excluding carboxylic acids is 3. The van der Waals surface area contributed by atoms with E-state index in [9.17, 15) is 14.4 Å². The van der Waals surface area contributed by atoms with Gasteiger partial charge in [-0.1, -0.05) is 42.1 Å². The van der Waals surface area contributed by atoms with Crippen LogP contribution in [0.3, 0.4) is 0 Å². The Morgan fingerprint density at radius 1 is 1.02 bits per heavy atom. The molecule has 0 radical (unpaired) electrons. The highest BCUT2D eigenvalue weighted by Crippen LogP contribution is 2.45. The molecule has 0 spiro atoms. The number of amides is 1. The minimum absolute atomic E-state index is 0.0866. The number of hydrogen-bond acceptors (Lipinski definition) is 10. The first kappa shape index (κ1) is 31.3. The second-order valence-electron chi connectivity index (χ2n) is 10.6. The van der Waals surface area contributed by atoms with Crippen LogP contribution in [-0.2, 0) is 28.6 Å². The van der Waals surface area contributed by atoms with Gasteiger partial charge in [0.25, 0.3) is 0 Å². The molecule has 11 heteroatoms. The molecule has 1 fully saturated rings. The minimum atomic E-state index is -0.612. The number of aliphatic imine (C=N–C) groups is 1. The zero-order chi connectivity index (χ0) is 31.1. The molecule has 232 valence electrons. The number of hydrogen-bond donors (Lipinski definition) is 0. The van der Waals surface area contributed by atoms with Gasteiger partial charge >= 0.3 is 11.9 Å². The van der Waals surface area contributed by atoms with E-state index in [4.69, 9.17) is 23.9 Å². The molecule has 0 unspecified atom stereocenters. The monoisotopic (exact) mass is 619 g/mol. The van der Waals surface area contributed by atoms with Crippen LogP contribution in [0.15, 0.2) is 82.0 Å². The predicted octanol–water partition coefficient (Wildman–Crippen LogP) is 5.44. The molecular weight excluding hydrogens is 582 g/mol. The van der Waals surface area contributed by atoms with Crippen LogP contribution in [0.1, 0.15) is 44.7 Å². The van der Waals surface area contributed by atoms with Crippen molar-refractivity contribution < 1.29 is 33.3 Å². The van der Waals surface area contributed by atoms with Crippen molar-refractivity contribution in [2.75, 3.05) is 40.0 Å². The third kappa shape index (κ3) is 7.16. The normalized spacial score (nSPS) is 19.6. The Hall–Kier alpha value is -4.09. The number of ether oxygens (including phenoxy) is 4. The first-order chi connectivity index (χ1) is 21.4. The van der Waals surface area contributed by atoms with Crippen LogP contribution in [0.2, 0.25) is 0 Å². The summed E-state index contributed by atoms with van der Waals surface area (Å²) in [6, 6.07) is 16.4. The Labute approximate surface area is 261 Å². The van der Waals surface area contributed by atoms with Crippen LogP contribution in [0.25, 0.3) is 0 Å². The second kappa shape index (κ2) is 14.6. The number of fused-ring (bicyclic) bond motifs is 1. The van der Waals surface area contributed by atoms with Gasteiger partial charge in [0.05, 0.1) is 42.9 Å². The number of carbonyl (C=O) groups is 3. The number of thioether (sulfide) groups is 1. The summed E-state index contributed by atoms with van der Waals surface area (Å²) in [5.74, 6) is 0.105. The summed E-state index contributed by atoms with van der Waals surface area (Å²) in [6.45, 7) is 5.15. The smallest absolute Gasteiger partial charge is 0.338 e. The summed E-state index contributed by atoms with van der Waals surface area (Å²) in [6.07, 6.45) is 1.52. The van der Waals surface area contributed by atoms with Crippen molar-refractivity contribution >= 4 is 34.8 Å². The SMILES string of the molecule is CCOC(=O)[C@@H]1CCCN(C(=O)CC2=CSC3=NC(C)=C(C(=O)OCCOC)[C@H](c4cccc(Oc5ccccc5)c4)N23)C1. The Bertz CT molecular complexity index is 1470. The van der Waals surface area contributed by atoms with Crippen molar-refractivity contribution in [2.24, 2.45) is 10.9 Å². The van der Waals surface area contributed by atoms with Crippen LogP contribution >= 0.6 is 11.8 Å². The second-order valence-corrected chi connectivity index (χ2v) is 11.5. The lowest BCUT2D eigenvalue weighted by Crippen LogP contribution is -2.44. The van der Waals surface area contributed by atoms with E-state index in [1.807, 2.05) is 64.9 Å². The minimum Gasteiger partial charge on any atom is -0.466 e. The summed E-state index contributed by atoms with van der Waals surface area (Å²) < 4.78 is 22.0. The van der Waals surface area contributed by atoms with E-state index in [0.717, 1.165) is 12.0 Å². The van der Waals surface area contributed by atoms with E-state index in [1.54, 1.807) is 25.9 Å². The van der Waals surface area contributed by atoms with Crippen LogP contribution in [0, 0.1) is 5.92 Å². The zero-order valence-corrected chi connectivity index (χ0v) is 26.0. The fourth-order valence-corrected chi connectivity index (χ4v) is 6.50. The van der Waals surface area contributed by atoms with Gasteiger partial charge in [-0.3, -0.25) is 9.59 Å². The number of amidine groups is 1.